The van der Waals surface area contributed by atoms with E-state index in [1.165, 1.54) is 0 Å². The third-order valence-electron chi connectivity index (χ3n) is 4.06. The molecule has 0 saturated carbocycles. The van der Waals surface area contributed by atoms with Gasteiger partial charge in [0.25, 0.3) is 0 Å². The highest BCUT2D eigenvalue weighted by atomic mass is 15.3. The van der Waals surface area contributed by atoms with Crippen LogP contribution >= 0.6 is 0 Å². The van der Waals surface area contributed by atoms with Crippen LogP contribution in [0.3, 0.4) is 0 Å². The molecular weight excluding hydrogens is 292 g/mol. The Balaban J connectivity index is 1.69. The Labute approximate surface area is 130 Å². The maximum atomic E-state index is 4.69. The quantitative estimate of drug-likeness (QED) is 0.584. The Morgan fingerprint density at radius 2 is 1.61 bits per heavy atom. The first-order chi connectivity index (χ1) is 11.4. The molecule has 0 spiro atoms. The summed E-state index contributed by atoms with van der Waals surface area (Å²) in [5, 5.41) is 22.0. The van der Waals surface area contributed by atoms with E-state index in [1.807, 2.05) is 36.4 Å². The molecule has 0 bridgehead atoms. The van der Waals surface area contributed by atoms with Gasteiger partial charge in [-0.3, -0.25) is 15.2 Å². The first-order valence-corrected chi connectivity index (χ1v) is 7.34. The summed E-state index contributed by atoms with van der Waals surface area (Å²) < 4.78 is 0. The van der Waals surface area contributed by atoms with Crippen molar-refractivity contribution in [2.45, 2.75) is 0 Å². The van der Waals surface area contributed by atoms with Crippen LogP contribution in [0.4, 0.5) is 5.69 Å². The highest BCUT2D eigenvalue weighted by Crippen LogP contribution is 2.28. The topological polar surface area (TPSA) is 98.7 Å². The molecule has 8 nitrogen and oxygen atoms in total. The SMILES string of the molecule is c1cc(C2=NCCN2c2cccc3[nH]nnc23)c2nn[nH]c2c1. The average molecular weight is 304 g/mol. The monoisotopic (exact) mass is 304 g/mol. The van der Waals surface area contributed by atoms with Gasteiger partial charge in [0.15, 0.2) is 0 Å². The Morgan fingerprint density at radius 1 is 0.870 bits per heavy atom. The number of nitrogens with zero attached hydrogens (tertiary/aromatic N) is 6. The zero-order valence-electron chi connectivity index (χ0n) is 12.1. The molecule has 1 aliphatic rings. The van der Waals surface area contributed by atoms with Gasteiger partial charge >= 0.3 is 0 Å². The summed E-state index contributed by atoms with van der Waals surface area (Å²) in [5.41, 5.74) is 5.44. The van der Waals surface area contributed by atoms with Gasteiger partial charge in [-0.25, -0.2) is 0 Å². The fourth-order valence-electron chi connectivity index (χ4n) is 3.04. The maximum Gasteiger partial charge on any atom is 0.137 e. The minimum atomic E-state index is 0.734. The fraction of sp³-hybridized carbons (Fsp3) is 0.133. The summed E-state index contributed by atoms with van der Waals surface area (Å²) in [7, 11) is 0. The number of aromatic amines is 2. The Kier molecular flexibility index (Phi) is 2.46. The summed E-state index contributed by atoms with van der Waals surface area (Å²) in [6.45, 7) is 1.54. The molecule has 2 N–H and O–H groups in total. The fourth-order valence-corrected chi connectivity index (χ4v) is 3.04. The van der Waals surface area contributed by atoms with Gasteiger partial charge in [0.05, 0.1) is 23.3 Å². The van der Waals surface area contributed by atoms with Gasteiger partial charge < -0.3 is 4.90 Å². The number of hydrogen-bond acceptors (Lipinski definition) is 6. The van der Waals surface area contributed by atoms with Crippen LogP contribution in [0.5, 0.6) is 0 Å². The average Bonchev–Trinajstić information content (AvgIpc) is 3.32. The molecule has 5 rings (SSSR count). The van der Waals surface area contributed by atoms with E-state index in [4.69, 9.17) is 0 Å². The van der Waals surface area contributed by atoms with Crippen LogP contribution in [0, 0.1) is 0 Å². The van der Waals surface area contributed by atoms with E-state index in [-0.39, 0.29) is 0 Å². The van der Waals surface area contributed by atoms with E-state index in [1.54, 1.807) is 0 Å². The molecule has 112 valence electrons. The second kappa shape index (κ2) is 4.60. The van der Waals surface area contributed by atoms with Crippen LogP contribution in [0.25, 0.3) is 22.1 Å². The van der Waals surface area contributed by atoms with Crippen LogP contribution in [0.2, 0.25) is 0 Å². The molecule has 3 heterocycles. The smallest absolute Gasteiger partial charge is 0.137 e. The Hall–Kier alpha value is -3.29. The number of rotatable bonds is 2. The van der Waals surface area contributed by atoms with Gasteiger partial charge in [0, 0.05) is 12.1 Å². The molecule has 2 aromatic heterocycles. The summed E-state index contributed by atoms with van der Waals surface area (Å²) in [6.07, 6.45) is 0. The summed E-state index contributed by atoms with van der Waals surface area (Å²) in [5.74, 6) is 0.889. The molecule has 2 aromatic carbocycles. The van der Waals surface area contributed by atoms with Crippen LogP contribution in [0.15, 0.2) is 41.4 Å². The van der Waals surface area contributed by atoms with Gasteiger partial charge in [-0.2, -0.15) is 0 Å². The second-order valence-corrected chi connectivity index (χ2v) is 5.36. The minimum Gasteiger partial charge on any atom is -0.322 e. The second-order valence-electron chi connectivity index (χ2n) is 5.36. The molecular formula is C15H12N8. The van der Waals surface area contributed by atoms with Crippen LogP contribution in [0.1, 0.15) is 5.56 Å². The third-order valence-corrected chi connectivity index (χ3v) is 4.06. The molecule has 0 unspecified atom stereocenters. The number of aliphatic imine (C=N–C) groups is 1. The largest absolute Gasteiger partial charge is 0.322 e. The number of aromatic nitrogens is 6. The van der Waals surface area contributed by atoms with Gasteiger partial charge in [-0.05, 0) is 24.3 Å². The molecule has 0 radical (unpaired) electrons. The maximum absolute atomic E-state index is 4.69. The first kappa shape index (κ1) is 12.3. The number of fused-ring (bicyclic) bond motifs is 2. The molecule has 0 amide bonds. The van der Waals surface area contributed by atoms with Gasteiger partial charge in [0.1, 0.15) is 16.9 Å². The standard InChI is InChI=1S/C15H12N8/c1-3-9(13-10(4-1)17-21-19-13)15-16-7-8-23(15)12-6-2-5-11-14(12)20-22-18-11/h1-6H,7-8H2,(H,17,19,21)(H,18,20,22). The zero-order chi connectivity index (χ0) is 15.2. The first-order valence-electron chi connectivity index (χ1n) is 7.34. The van der Waals surface area contributed by atoms with Crippen molar-refractivity contribution in [3.05, 3.63) is 42.0 Å². The van der Waals surface area contributed by atoms with Crippen molar-refractivity contribution in [2.24, 2.45) is 4.99 Å². The Bertz CT molecular complexity index is 1040. The lowest BCUT2D eigenvalue weighted by atomic mass is 10.1. The van der Waals surface area contributed by atoms with Crippen LogP contribution < -0.4 is 4.90 Å². The molecule has 0 saturated heterocycles. The molecule has 8 heteroatoms. The minimum absolute atomic E-state index is 0.734. The summed E-state index contributed by atoms with van der Waals surface area (Å²) in [4.78, 5) is 6.85. The summed E-state index contributed by atoms with van der Waals surface area (Å²) >= 11 is 0. The van der Waals surface area contributed by atoms with Gasteiger partial charge in [0.2, 0.25) is 0 Å². The third kappa shape index (κ3) is 1.75. The van der Waals surface area contributed by atoms with Gasteiger partial charge in [-0.15, -0.1) is 10.2 Å². The Morgan fingerprint density at radius 3 is 2.48 bits per heavy atom. The predicted molar refractivity (Wildman–Crippen MR) is 86.5 cm³/mol. The normalized spacial score (nSPS) is 14.8. The van der Waals surface area contributed by atoms with Crippen molar-refractivity contribution in [1.82, 2.24) is 30.8 Å². The number of anilines is 1. The van der Waals surface area contributed by atoms with Crippen molar-refractivity contribution < 1.29 is 0 Å². The summed E-state index contributed by atoms with van der Waals surface area (Å²) in [6, 6.07) is 11.9. The number of nitrogens with one attached hydrogen (secondary N) is 2. The lowest BCUT2D eigenvalue weighted by Gasteiger charge is -2.20. The van der Waals surface area contributed by atoms with Crippen LogP contribution in [-0.4, -0.2) is 49.7 Å². The predicted octanol–water partition coefficient (Wildman–Crippen LogP) is 1.50. The molecule has 0 atom stereocenters. The molecule has 4 aromatic rings. The number of amidine groups is 1. The van der Waals surface area contributed by atoms with E-state index >= 15 is 0 Å². The van der Waals surface area contributed by atoms with E-state index in [9.17, 15) is 0 Å². The van der Waals surface area contributed by atoms with Crippen molar-refractivity contribution in [3.8, 4) is 0 Å². The van der Waals surface area contributed by atoms with E-state index in [2.05, 4.69) is 40.7 Å². The molecule has 23 heavy (non-hydrogen) atoms. The van der Waals surface area contributed by atoms with Gasteiger partial charge in [-0.1, -0.05) is 22.6 Å². The van der Waals surface area contributed by atoms with Crippen molar-refractivity contribution in [3.63, 3.8) is 0 Å². The lowest BCUT2D eigenvalue weighted by molar-refractivity contribution is 0.957. The molecule has 0 fully saturated rings. The molecule has 1 aliphatic heterocycles. The highest BCUT2D eigenvalue weighted by molar-refractivity contribution is 6.18. The number of benzene rings is 2. The number of hydrogen-bond donors (Lipinski definition) is 2. The van der Waals surface area contributed by atoms with E-state index < -0.39 is 0 Å². The number of H-pyrrole nitrogens is 2. The lowest BCUT2D eigenvalue weighted by Crippen LogP contribution is -2.28. The van der Waals surface area contributed by atoms with E-state index in [0.717, 1.165) is 52.2 Å². The van der Waals surface area contributed by atoms with Crippen molar-refractivity contribution >= 4 is 33.6 Å². The van der Waals surface area contributed by atoms with Crippen molar-refractivity contribution in [1.29, 1.82) is 0 Å². The highest BCUT2D eigenvalue weighted by Gasteiger charge is 2.25. The molecule has 0 aliphatic carbocycles. The van der Waals surface area contributed by atoms with Crippen molar-refractivity contribution in [2.75, 3.05) is 18.0 Å². The van der Waals surface area contributed by atoms with E-state index in [0.29, 0.717) is 0 Å². The zero-order valence-corrected chi connectivity index (χ0v) is 12.1. The van der Waals surface area contributed by atoms with Crippen LogP contribution in [-0.2, 0) is 0 Å².